The predicted octanol–water partition coefficient (Wildman–Crippen LogP) is 6.56. The number of benzene rings is 5. The van der Waals surface area contributed by atoms with E-state index in [-0.39, 0.29) is 26.4 Å². The Morgan fingerprint density at radius 2 is 1.17 bits per heavy atom. The van der Waals surface area contributed by atoms with E-state index in [0.717, 1.165) is 22.3 Å². The molecule has 0 amide bonds. The van der Waals surface area contributed by atoms with Gasteiger partial charge in [-0.15, -0.1) is 0 Å². The third-order valence-corrected chi connectivity index (χ3v) is 10.7. The first-order valence-electron chi connectivity index (χ1n) is 20.2. The van der Waals surface area contributed by atoms with E-state index >= 15 is 0 Å². The molecule has 5 aromatic rings. The van der Waals surface area contributed by atoms with Crippen molar-refractivity contribution in [3.8, 4) is 0 Å². The maximum Gasteiger partial charge on any atom is 0.338 e. The molecule has 0 aliphatic carbocycles. The molecule has 12 heteroatoms. The van der Waals surface area contributed by atoms with Gasteiger partial charge in [-0.2, -0.15) is 0 Å². The van der Waals surface area contributed by atoms with Gasteiger partial charge in [0.1, 0.15) is 42.7 Å². The normalized spacial score (nSPS) is 29.0. The van der Waals surface area contributed by atoms with Crippen molar-refractivity contribution >= 4 is 5.97 Å². The molecule has 0 aromatic heterocycles. The van der Waals surface area contributed by atoms with Crippen molar-refractivity contribution in [1.29, 1.82) is 0 Å². The Balaban J connectivity index is 1.16. The van der Waals surface area contributed by atoms with Gasteiger partial charge in [-0.1, -0.05) is 140 Å². The van der Waals surface area contributed by atoms with Gasteiger partial charge < -0.3 is 52.5 Å². The number of fused-ring (bicyclic) bond motifs is 1. The summed E-state index contributed by atoms with van der Waals surface area (Å²) in [7, 11) is 1.44. The highest BCUT2D eigenvalue weighted by Crippen LogP contribution is 2.39. The summed E-state index contributed by atoms with van der Waals surface area (Å²) < 4.78 is 64.4. The van der Waals surface area contributed by atoms with Crippen LogP contribution in [0.1, 0.15) is 38.9 Å². The highest BCUT2D eigenvalue weighted by atomic mass is 16.8. The summed E-state index contributed by atoms with van der Waals surface area (Å²) in [4.78, 5) is 14.1. The van der Waals surface area contributed by atoms with Gasteiger partial charge in [0.05, 0.1) is 38.6 Å². The van der Waals surface area contributed by atoms with Crippen LogP contribution in [0.25, 0.3) is 0 Å². The third kappa shape index (κ3) is 10.4. The fourth-order valence-corrected chi connectivity index (χ4v) is 7.65. The number of aliphatic hydroxyl groups is 1. The highest BCUT2D eigenvalue weighted by molar-refractivity contribution is 5.89. The zero-order chi connectivity index (χ0) is 41.1. The van der Waals surface area contributed by atoms with Gasteiger partial charge in [-0.3, -0.25) is 0 Å². The molecule has 314 valence electrons. The van der Waals surface area contributed by atoms with Crippen LogP contribution in [0.15, 0.2) is 152 Å². The molecular formula is C48H50O12. The Bertz CT molecular complexity index is 2030. The summed E-state index contributed by atoms with van der Waals surface area (Å²) in [6.07, 6.45) is -11.1. The number of ether oxygens (including phenoxy) is 10. The van der Waals surface area contributed by atoms with Crippen LogP contribution < -0.4 is 0 Å². The van der Waals surface area contributed by atoms with E-state index < -0.39 is 73.7 Å². The summed E-state index contributed by atoms with van der Waals surface area (Å²) in [6, 6.07) is 47.4. The molecule has 12 nitrogen and oxygen atoms in total. The summed E-state index contributed by atoms with van der Waals surface area (Å²) in [5.74, 6) is -0.627. The van der Waals surface area contributed by atoms with Crippen LogP contribution in [0.4, 0.5) is 0 Å². The summed E-state index contributed by atoms with van der Waals surface area (Å²) in [6.45, 7) is 0.833. The van der Waals surface area contributed by atoms with Crippen molar-refractivity contribution < 1.29 is 57.3 Å². The molecule has 0 saturated carbocycles. The molecule has 11 atom stereocenters. The molecule has 0 radical (unpaired) electrons. The van der Waals surface area contributed by atoms with Crippen LogP contribution in [-0.2, 0) is 67.2 Å². The second kappa shape index (κ2) is 20.6. The topological polar surface area (TPSA) is 130 Å². The van der Waals surface area contributed by atoms with E-state index in [1.165, 1.54) is 7.11 Å². The minimum Gasteiger partial charge on any atom is -0.450 e. The fraction of sp³-hybridized carbons (Fsp3) is 0.354. The second-order valence-electron chi connectivity index (χ2n) is 14.8. The molecule has 1 N–H and O–H groups in total. The zero-order valence-electron chi connectivity index (χ0n) is 33.3. The van der Waals surface area contributed by atoms with Crippen molar-refractivity contribution in [1.82, 2.24) is 0 Å². The number of carbonyl (C=O) groups is 1. The van der Waals surface area contributed by atoms with E-state index in [9.17, 15) is 9.90 Å². The van der Waals surface area contributed by atoms with Crippen molar-refractivity contribution in [3.63, 3.8) is 0 Å². The first-order valence-corrected chi connectivity index (χ1v) is 20.2. The first-order chi connectivity index (χ1) is 29.5. The monoisotopic (exact) mass is 818 g/mol. The number of carbonyl (C=O) groups excluding carboxylic acids is 1. The quantitative estimate of drug-likeness (QED) is 0.108. The van der Waals surface area contributed by atoms with Gasteiger partial charge in [0, 0.05) is 12.7 Å². The summed E-state index contributed by atoms with van der Waals surface area (Å²) >= 11 is 0. The molecule has 1 unspecified atom stereocenters. The maximum absolute atomic E-state index is 14.1. The molecule has 3 aliphatic heterocycles. The van der Waals surface area contributed by atoms with Crippen LogP contribution in [0.5, 0.6) is 0 Å². The van der Waals surface area contributed by atoms with Gasteiger partial charge in [0.2, 0.25) is 0 Å². The highest BCUT2D eigenvalue weighted by Gasteiger charge is 2.56. The molecular weight excluding hydrogens is 769 g/mol. The van der Waals surface area contributed by atoms with Gasteiger partial charge >= 0.3 is 5.97 Å². The summed E-state index contributed by atoms with van der Waals surface area (Å²) in [5.41, 5.74) is 3.89. The number of rotatable bonds is 16. The lowest BCUT2D eigenvalue weighted by molar-refractivity contribution is -0.393. The van der Waals surface area contributed by atoms with Crippen LogP contribution >= 0.6 is 0 Å². The number of esters is 1. The lowest BCUT2D eigenvalue weighted by atomic mass is 9.95. The Kier molecular flexibility index (Phi) is 14.4. The van der Waals surface area contributed by atoms with Crippen molar-refractivity contribution in [2.24, 2.45) is 0 Å². The van der Waals surface area contributed by atoms with Crippen molar-refractivity contribution in [2.75, 3.05) is 20.3 Å². The second-order valence-corrected chi connectivity index (χ2v) is 14.8. The number of hydrogen-bond acceptors (Lipinski definition) is 12. The zero-order valence-corrected chi connectivity index (χ0v) is 33.3. The molecule has 3 aliphatic rings. The van der Waals surface area contributed by atoms with Crippen LogP contribution in [0.2, 0.25) is 0 Å². The minimum atomic E-state index is -1.36. The molecule has 8 rings (SSSR count). The van der Waals surface area contributed by atoms with E-state index in [1.807, 2.05) is 127 Å². The van der Waals surface area contributed by atoms with Crippen LogP contribution in [0, 0.1) is 0 Å². The van der Waals surface area contributed by atoms with Crippen molar-refractivity contribution in [3.05, 3.63) is 179 Å². The van der Waals surface area contributed by atoms with E-state index in [2.05, 4.69) is 0 Å². The molecule has 3 fully saturated rings. The Hall–Kier alpha value is -4.83. The molecule has 5 aromatic carbocycles. The smallest absolute Gasteiger partial charge is 0.338 e. The molecule has 0 bridgehead atoms. The molecule has 3 saturated heterocycles. The van der Waals surface area contributed by atoms with Gasteiger partial charge in [0.15, 0.2) is 25.0 Å². The Morgan fingerprint density at radius 3 is 1.77 bits per heavy atom. The lowest BCUT2D eigenvalue weighted by Crippen LogP contribution is -2.67. The average molecular weight is 819 g/mol. The Labute approximate surface area is 349 Å². The molecule has 3 heterocycles. The summed E-state index contributed by atoms with van der Waals surface area (Å²) in [5, 5.41) is 11.9. The fourth-order valence-electron chi connectivity index (χ4n) is 7.65. The van der Waals surface area contributed by atoms with E-state index in [4.69, 9.17) is 47.4 Å². The van der Waals surface area contributed by atoms with Crippen LogP contribution in [0.3, 0.4) is 0 Å². The SMILES string of the molecule is CO[C@H]1O[C@@H]2COC(c3ccccc3)O[C@H]2[C@@H](O[C@H]2O[C@H](COCc3ccccc3)[C@@H](OCc3ccccc3)[C@H](OCc3ccccc3)[C@@H]2OC(=O)c2ccccc2)[C@@H]1O. The maximum atomic E-state index is 14.1. The van der Waals surface area contributed by atoms with E-state index in [1.54, 1.807) is 24.3 Å². The number of hydrogen-bond donors (Lipinski definition) is 1. The van der Waals surface area contributed by atoms with Gasteiger partial charge in [-0.25, -0.2) is 4.79 Å². The standard InChI is InChI=1S/C48H50O12/c1-51-47-39(49)42(41-38(56-47)31-55-46(59-41)36-25-15-6-16-26-36)60-48-44(58-45(50)35-23-13-5-14-24-35)43(54-29-34-21-11-4-12-22-34)40(53-28-33-19-9-3-10-20-33)37(57-48)30-52-27-32-17-7-2-8-18-32/h2-26,37-44,46-49H,27-31H2,1H3/t37-,38-,39+,40-,41-,42+,43+,44+,46?,47+,48-/m1/s1. The lowest BCUT2D eigenvalue weighted by Gasteiger charge is -2.50. The number of aliphatic hydroxyl groups excluding tert-OH is 1. The molecule has 60 heavy (non-hydrogen) atoms. The van der Waals surface area contributed by atoms with Gasteiger partial charge in [0.25, 0.3) is 0 Å². The minimum absolute atomic E-state index is 0.0578. The Morgan fingerprint density at radius 1 is 0.617 bits per heavy atom. The predicted molar refractivity (Wildman–Crippen MR) is 217 cm³/mol. The van der Waals surface area contributed by atoms with Gasteiger partial charge in [-0.05, 0) is 28.8 Å². The van der Waals surface area contributed by atoms with E-state index in [0.29, 0.717) is 12.2 Å². The average Bonchev–Trinajstić information content (AvgIpc) is 3.30. The molecule has 0 spiro atoms. The first kappa shape index (κ1) is 41.9. The van der Waals surface area contributed by atoms with Crippen LogP contribution in [-0.4, -0.2) is 92.8 Å². The number of methoxy groups -OCH3 is 1. The van der Waals surface area contributed by atoms with Crippen molar-refractivity contribution in [2.45, 2.75) is 87.5 Å². The third-order valence-electron chi connectivity index (χ3n) is 10.7. The largest absolute Gasteiger partial charge is 0.450 e.